The van der Waals surface area contributed by atoms with Crippen molar-refractivity contribution in [1.82, 2.24) is 58.2 Å². The van der Waals surface area contributed by atoms with Crippen molar-refractivity contribution in [2.24, 2.45) is 10.8 Å². The number of H-pyrrole nitrogens is 1. The summed E-state index contributed by atoms with van der Waals surface area (Å²) in [5.74, 6) is -6.12. The van der Waals surface area contributed by atoms with Crippen molar-refractivity contribution in [2.45, 2.75) is 136 Å². The number of benzene rings is 2. The first-order chi connectivity index (χ1) is 46.8. The molecule has 0 bridgehead atoms. The summed E-state index contributed by atoms with van der Waals surface area (Å²) in [4.78, 5) is 157. The highest BCUT2D eigenvalue weighted by Crippen LogP contribution is 2.33. The number of thioether (sulfide) groups is 2. The third-order valence-electron chi connectivity index (χ3n) is 15.1. The molecule has 0 spiro atoms. The highest BCUT2D eigenvalue weighted by Gasteiger charge is 2.42. The van der Waals surface area contributed by atoms with Crippen LogP contribution in [0.1, 0.15) is 99.4 Å². The topological polar surface area (TPSA) is 493 Å². The summed E-state index contributed by atoms with van der Waals surface area (Å²) in [6.07, 6.45) is 6.84. The SMILES string of the molecule is [N-]=[N+]=NCC(=O)Sc1ccc(C(=O)NCCCCC(NC(=O)CCCc2c[nH]c3ccccc23)C(=O)NC(CC(=O)O)C(=O)NC(CO)C(=O)NCCOCCOCC(=O)NCCOCCOCC(=O)NC(CCCCNC(=O)CCCC[C@@H]2SC[C@@H]3NC(=O)N[C@@H]32)C(N)=O)cc1. The fourth-order valence-electron chi connectivity index (χ4n) is 10.2. The van der Waals surface area contributed by atoms with Crippen LogP contribution in [0.5, 0.6) is 0 Å². The Morgan fingerprint density at radius 2 is 1.29 bits per heavy atom. The number of fused-ring (bicyclic) bond motifs is 2. The largest absolute Gasteiger partial charge is 0.481 e. The molecule has 97 heavy (non-hydrogen) atoms. The third-order valence-corrected chi connectivity index (χ3v) is 17.5. The quantitative estimate of drug-likeness (QED) is 0.00898. The molecule has 4 unspecified atom stereocenters. The maximum atomic E-state index is 13.9. The number of urea groups is 1. The van der Waals surface area contributed by atoms with E-state index in [0.29, 0.717) is 60.8 Å². The predicted molar refractivity (Wildman–Crippen MR) is 355 cm³/mol. The van der Waals surface area contributed by atoms with Gasteiger partial charge < -0.3 is 93.0 Å². The van der Waals surface area contributed by atoms with Gasteiger partial charge in [-0.3, -0.25) is 52.7 Å². The number of nitrogens with zero attached hydrogens (tertiary/aromatic N) is 3. The van der Waals surface area contributed by atoms with E-state index in [1.165, 1.54) is 12.1 Å². The van der Waals surface area contributed by atoms with E-state index in [9.17, 15) is 67.7 Å². The van der Waals surface area contributed by atoms with Crippen LogP contribution < -0.4 is 58.9 Å². The number of nitrogens with one attached hydrogen (secondary N) is 11. The second-order valence-corrected chi connectivity index (χ2v) is 25.0. The highest BCUT2D eigenvalue weighted by atomic mass is 32.2. The van der Waals surface area contributed by atoms with Crippen molar-refractivity contribution in [1.29, 1.82) is 0 Å². The minimum Gasteiger partial charge on any atom is -0.481 e. The highest BCUT2D eigenvalue weighted by molar-refractivity contribution is 8.13. The maximum absolute atomic E-state index is 13.9. The van der Waals surface area contributed by atoms with E-state index in [2.05, 4.69) is 68.2 Å². The summed E-state index contributed by atoms with van der Waals surface area (Å²) in [7, 11) is 0. The van der Waals surface area contributed by atoms with Crippen molar-refractivity contribution in [3.05, 3.63) is 76.3 Å². The molecule has 2 fully saturated rings. The minimum absolute atomic E-state index is 0.000745. The number of hydrogen-bond acceptors (Lipinski definition) is 20. The predicted octanol–water partition coefficient (Wildman–Crippen LogP) is 0.222. The van der Waals surface area contributed by atoms with Crippen molar-refractivity contribution in [2.75, 3.05) is 97.9 Å². The van der Waals surface area contributed by atoms with Gasteiger partial charge in [-0.15, -0.1) is 0 Å². The minimum atomic E-state index is -1.76. The normalized spacial score (nSPS) is 15.8. The molecule has 0 aliphatic carbocycles. The first-order valence-corrected chi connectivity index (χ1v) is 34.0. The van der Waals surface area contributed by atoms with E-state index in [1.807, 2.05) is 42.2 Å². The molecule has 3 aromatic rings. The Labute approximate surface area is 568 Å². The Morgan fingerprint density at radius 3 is 1.99 bits per heavy atom. The number of aliphatic hydroxyl groups excluding tert-OH is 1. The molecule has 3 heterocycles. The van der Waals surface area contributed by atoms with Gasteiger partial charge in [-0.1, -0.05) is 41.5 Å². The standard InChI is InChI=1S/C62H89N15O18S2/c63-57(86)44(13-5-7-22-65-50(79)16-4-3-15-49-56-48(38-96-49)75-62(91)76-56)71-53(82)37-95-31-29-92-26-24-66-52(81)36-94-30-28-93-27-25-68-59(88)47(35-78)74-61(90)46(32-54(83)84)73-60(89)45(72-51(80)17-9-10-40-33-69-43-12-2-1-11-42(40)43)14-6-8-23-67-58(87)39-18-20-41(21-19-39)97-55(85)34-70-77-64/h1-2,11-12,18-21,33,44-49,56,69,78H,3-10,13-17,22-32,34-38H2,(H2,63,86)(H,65,79)(H,66,81)(H,67,87)(H,68,88)(H,71,82)(H,72,80)(H,73,89)(H,74,90)(H,83,84)(H2,75,76,91)/t44?,45?,46?,47?,48-,49-,56-/m0/s1. The van der Waals surface area contributed by atoms with Gasteiger partial charge >= 0.3 is 12.0 Å². The number of amides is 11. The molecule has 2 aromatic carbocycles. The molecule has 0 saturated carbocycles. The summed E-state index contributed by atoms with van der Waals surface area (Å²) in [6.45, 7) is -1.02. The van der Waals surface area contributed by atoms with E-state index in [4.69, 9.17) is 30.2 Å². The molecule has 15 N–H and O–H groups in total. The van der Waals surface area contributed by atoms with Crippen LogP contribution in [0.2, 0.25) is 0 Å². The fourth-order valence-corrected chi connectivity index (χ4v) is 12.4. The Balaban J connectivity index is 0.903. The van der Waals surface area contributed by atoms with E-state index in [-0.39, 0.29) is 134 Å². The van der Waals surface area contributed by atoms with Crippen LogP contribution in [-0.4, -0.2) is 225 Å². The van der Waals surface area contributed by atoms with Crippen LogP contribution in [0, 0.1) is 0 Å². The number of aromatic nitrogens is 1. The van der Waals surface area contributed by atoms with Gasteiger partial charge in [0.1, 0.15) is 37.4 Å². The summed E-state index contributed by atoms with van der Waals surface area (Å²) in [6, 6.07) is 8.52. The van der Waals surface area contributed by atoms with E-state index >= 15 is 0 Å². The number of azide groups is 1. The van der Waals surface area contributed by atoms with Gasteiger partial charge in [0.2, 0.25) is 47.3 Å². The number of carboxylic acids is 1. The van der Waals surface area contributed by atoms with Gasteiger partial charge in [-0.2, -0.15) is 11.8 Å². The molecule has 0 radical (unpaired) electrons. The molecule has 35 heteroatoms. The molecule has 5 rings (SSSR count). The number of primary amides is 1. The number of aliphatic hydroxyl groups is 1. The van der Waals surface area contributed by atoms with Gasteiger partial charge in [-0.05, 0) is 106 Å². The first kappa shape index (κ1) is 79.1. The number of carboxylic acid groups (broad SMARTS) is 1. The van der Waals surface area contributed by atoms with E-state index in [0.717, 1.165) is 53.2 Å². The van der Waals surface area contributed by atoms with Crippen LogP contribution in [0.15, 0.2) is 64.7 Å². The Kier molecular flexibility index (Phi) is 36.7. The number of carbonyl (C=O) groups excluding carboxylic acids is 11. The number of nitrogens with two attached hydrogens (primary N) is 1. The van der Waals surface area contributed by atoms with Crippen LogP contribution in [0.4, 0.5) is 4.79 Å². The summed E-state index contributed by atoms with van der Waals surface area (Å²) in [5.41, 5.74) is 16.2. The molecule has 2 aliphatic heterocycles. The van der Waals surface area contributed by atoms with Crippen molar-refractivity contribution in [3.8, 4) is 0 Å². The molecule has 7 atom stereocenters. The van der Waals surface area contributed by atoms with Gasteiger partial charge in [-0.25, -0.2) is 4.79 Å². The number of aliphatic carboxylic acids is 1. The zero-order valence-electron chi connectivity index (χ0n) is 53.9. The fraction of sp³-hybridized carbons (Fsp3) is 0.581. The van der Waals surface area contributed by atoms with Crippen LogP contribution in [-0.2, 0) is 73.3 Å². The van der Waals surface area contributed by atoms with Gasteiger partial charge in [0.15, 0.2) is 5.12 Å². The molecular weight excluding hydrogens is 1310 g/mol. The summed E-state index contributed by atoms with van der Waals surface area (Å²) in [5, 5.41) is 50.5. The molecule has 1 aromatic heterocycles. The van der Waals surface area contributed by atoms with Gasteiger partial charge in [0.25, 0.3) is 5.91 Å². The number of carbonyl (C=O) groups is 12. The zero-order valence-corrected chi connectivity index (χ0v) is 55.5. The average molecular weight is 1400 g/mol. The molecule has 33 nitrogen and oxygen atoms in total. The average Bonchev–Trinajstić information content (AvgIpc) is 1.68. The Bertz CT molecular complexity index is 3140. The van der Waals surface area contributed by atoms with Gasteiger partial charge in [0.05, 0.1) is 71.3 Å². The zero-order chi connectivity index (χ0) is 70.2. The maximum Gasteiger partial charge on any atom is 0.315 e. The van der Waals surface area contributed by atoms with E-state index < -0.39 is 90.4 Å². The lowest BCUT2D eigenvalue weighted by atomic mass is 10.0. The Morgan fingerprint density at radius 1 is 0.660 bits per heavy atom. The smallest absolute Gasteiger partial charge is 0.315 e. The lowest BCUT2D eigenvalue weighted by Crippen LogP contribution is -2.58. The summed E-state index contributed by atoms with van der Waals surface area (Å²) < 4.78 is 21.5. The number of aryl methyl sites for hydroxylation is 1. The van der Waals surface area contributed by atoms with Crippen molar-refractivity contribution in [3.63, 3.8) is 0 Å². The molecule has 2 saturated heterocycles. The second-order valence-electron chi connectivity index (χ2n) is 22.6. The van der Waals surface area contributed by atoms with Gasteiger partial charge in [0, 0.05) is 82.5 Å². The van der Waals surface area contributed by atoms with Crippen molar-refractivity contribution >= 4 is 105 Å². The molecule has 532 valence electrons. The lowest BCUT2D eigenvalue weighted by molar-refractivity contribution is -0.141. The number of rotatable bonds is 50. The van der Waals surface area contributed by atoms with Crippen LogP contribution >= 0.6 is 23.5 Å². The lowest BCUT2D eigenvalue weighted by Gasteiger charge is -2.24. The third kappa shape index (κ3) is 31.0. The number of aromatic amines is 1. The number of para-hydroxylation sites is 1. The number of hydrogen-bond donors (Lipinski definition) is 14. The first-order valence-electron chi connectivity index (χ1n) is 32.1. The number of ether oxygens (including phenoxy) is 4. The molecule has 2 aliphatic rings. The number of unbranched alkanes of at least 4 members (excludes halogenated alkanes) is 3. The molecular formula is C62H89N15O18S2. The second kappa shape index (κ2) is 45.0. The van der Waals surface area contributed by atoms with Crippen molar-refractivity contribution < 1.29 is 86.7 Å². The Hall–Kier alpha value is -8.57. The van der Waals surface area contributed by atoms with Crippen LogP contribution in [0.25, 0.3) is 21.3 Å². The van der Waals surface area contributed by atoms with E-state index in [1.54, 1.807) is 12.1 Å². The molecule has 11 amide bonds. The van der Waals surface area contributed by atoms with Crippen LogP contribution in [0.3, 0.4) is 0 Å². The monoisotopic (exact) mass is 1400 g/mol. The summed E-state index contributed by atoms with van der Waals surface area (Å²) >= 11 is 2.70.